The Morgan fingerprint density at radius 2 is 1.83 bits per heavy atom. The molecule has 0 aromatic carbocycles. The predicted octanol–water partition coefficient (Wildman–Crippen LogP) is 3.29. The smallest absolute Gasteiger partial charge is 0.333 e. The second kappa shape index (κ2) is 6.01. The zero-order valence-electron chi connectivity index (χ0n) is 13.7. The van der Waals surface area contributed by atoms with Gasteiger partial charge in [0.1, 0.15) is 0 Å². The van der Waals surface area contributed by atoms with Crippen molar-refractivity contribution < 1.29 is 13.6 Å². The number of rotatable bonds is 5. The van der Waals surface area contributed by atoms with E-state index in [0.29, 0.717) is 15.8 Å². The Balaban J connectivity index is 1.26. The van der Waals surface area contributed by atoms with Gasteiger partial charge >= 0.3 is 12.6 Å². The van der Waals surface area contributed by atoms with Crippen LogP contribution in [0.25, 0.3) is 0 Å². The zero-order valence-corrected chi connectivity index (χ0v) is 13.7. The molecule has 1 heterocycles. The minimum Gasteiger partial charge on any atom is -0.338 e. The molecule has 4 fully saturated rings. The number of carbonyl (C=O) groups excluding carboxylic acids is 1. The first-order valence-electron chi connectivity index (χ1n) is 8.85. The van der Waals surface area contributed by atoms with Crippen LogP contribution >= 0.6 is 0 Å². The van der Waals surface area contributed by atoms with Crippen LogP contribution in [0.1, 0.15) is 50.8 Å². The second-order valence-electron chi connectivity index (χ2n) is 8.02. The number of nitrogens with one attached hydrogen (secondary N) is 2. The molecule has 0 saturated heterocycles. The van der Waals surface area contributed by atoms with E-state index in [1.54, 1.807) is 0 Å². The van der Waals surface area contributed by atoms with Crippen molar-refractivity contribution in [3.63, 3.8) is 0 Å². The first-order chi connectivity index (χ1) is 11.5. The molecule has 0 radical (unpaired) electrons. The molecule has 4 bridgehead atoms. The van der Waals surface area contributed by atoms with Crippen LogP contribution < -0.4 is 10.6 Å². The van der Waals surface area contributed by atoms with Gasteiger partial charge in [-0.3, -0.25) is 0 Å². The number of hydrogen-bond donors (Lipinski definition) is 2. The van der Waals surface area contributed by atoms with Crippen molar-refractivity contribution >= 4 is 6.03 Å². The van der Waals surface area contributed by atoms with Crippen LogP contribution in [-0.2, 0) is 6.54 Å². The van der Waals surface area contributed by atoms with E-state index < -0.39 is 6.55 Å². The first-order valence-corrected chi connectivity index (χ1v) is 8.85. The Morgan fingerprint density at radius 1 is 1.21 bits per heavy atom. The van der Waals surface area contributed by atoms with E-state index >= 15 is 0 Å². The van der Waals surface area contributed by atoms with Gasteiger partial charge < -0.3 is 10.6 Å². The molecule has 1 aromatic rings. The standard InChI is InChI=1S/C17H24F2N4O/c18-15(19)23-2-1-14(22-23)9-20-16(24)21-10-17-6-11-3-12(7-17)5-13(4-11)8-17/h1-2,11-13,15H,3-10H2,(H2,20,21,24). The summed E-state index contributed by atoms with van der Waals surface area (Å²) in [5.41, 5.74) is 0.726. The molecule has 0 atom stereocenters. The summed E-state index contributed by atoms with van der Waals surface area (Å²) in [5, 5.41) is 9.44. The average Bonchev–Trinajstić information content (AvgIpc) is 2.99. The average molecular weight is 338 g/mol. The van der Waals surface area contributed by atoms with Gasteiger partial charge in [-0.15, -0.1) is 0 Å². The van der Waals surface area contributed by atoms with Crippen LogP contribution in [0, 0.1) is 23.2 Å². The molecule has 0 unspecified atom stereocenters. The molecule has 4 aliphatic carbocycles. The highest BCUT2D eigenvalue weighted by Gasteiger charge is 2.50. The van der Waals surface area contributed by atoms with Crippen LogP contribution in [0.4, 0.5) is 13.6 Å². The SMILES string of the molecule is O=C(NCc1ccn(C(F)F)n1)NCC12CC3CC(CC(C3)C1)C2. The number of alkyl halides is 2. The second-order valence-corrected chi connectivity index (χ2v) is 8.02. The van der Waals surface area contributed by atoms with Gasteiger partial charge in [0.05, 0.1) is 12.2 Å². The molecule has 4 saturated carbocycles. The van der Waals surface area contributed by atoms with E-state index in [2.05, 4.69) is 15.7 Å². The van der Waals surface area contributed by atoms with Crippen LogP contribution in [0.2, 0.25) is 0 Å². The lowest BCUT2D eigenvalue weighted by Crippen LogP contribution is -2.52. The lowest BCUT2D eigenvalue weighted by molar-refractivity contribution is -0.0498. The zero-order chi connectivity index (χ0) is 16.7. The number of hydrogen-bond acceptors (Lipinski definition) is 2. The topological polar surface area (TPSA) is 59.0 Å². The van der Waals surface area contributed by atoms with Gasteiger partial charge in [0, 0.05) is 12.7 Å². The minimum atomic E-state index is -2.65. The lowest BCUT2D eigenvalue weighted by atomic mass is 9.49. The largest absolute Gasteiger partial charge is 0.338 e. The number of aromatic nitrogens is 2. The third-order valence-corrected chi connectivity index (χ3v) is 6.08. The maximum atomic E-state index is 12.5. The fourth-order valence-corrected chi connectivity index (χ4v) is 5.59. The summed E-state index contributed by atoms with van der Waals surface area (Å²) in [6, 6.07) is 1.25. The van der Waals surface area contributed by atoms with Gasteiger partial charge in [-0.2, -0.15) is 13.9 Å². The molecule has 7 heteroatoms. The van der Waals surface area contributed by atoms with Gasteiger partial charge in [0.2, 0.25) is 0 Å². The molecular weight excluding hydrogens is 314 g/mol. The van der Waals surface area contributed by atoms with Gasteiger partial charge in [0.15, 0.2) is 0 Å². The molecule has 4 aliphatic rings. The molecule has 0 spiro atoms. The number of halogens is 2. The van der Waals surface area contributed by atoms with E-state index in [9.17, 15) is 13.6 Å². The number of urea groups is 1. The molecule has 24 heavy (non-hydrogen) atoms. The van der Waals surface area contributed by atoms with E-state index in [0.717, 1.165) is 24.3 Å². The quantitative estimate of drug-likeness (QED) is 0.865. The fraction of sp³-hybridized carbons (Fsp3) is 0.765. The van der Waals surface area contributed by atoms with E-state index in [-0.39, 0.29) is 12.6 Å². The summed E-state index contributed by atoms with van der Waals surface area (Å²) in [6.45, 7) is -1.76. The minimum absolute atomic E-state index is 0.159. The van der Waals surface area contributed by atoms with Crippen LogP contribution in [0.5, 0.6) is 0 Å². The van der Waals surface area contributed by atoms with Gasteiger partial charge in [-0.05, 0) is 67.8 Å². The highest BCUT2D eigenvalue weighted by atomic mass is 19.3. The maximum Gasteiger partial charge on any atom is 0.333 e. The van der Waals surface area contributed by atoms with Crippen molar-refractivity contribution in [1.29, 1.82) is 0 Å². The summed E-state index contributed by atoms with van der Waals surface area (Å²) in [6.07, 6.45) is 9.12. The molecule has 2 amide bonds. The number of carbonyl (C=O) groups is 1. The molecular formula is C17H24F2N4O. The molecule has 1 aromatic heterocycles. The lowest BCUT2D eigenvalue weighted by Gasteiger charge is -2.56. The fourth-order valence-electron chi connectivity index (χ4n) is 5.59. The highest BCUT2D eigenvalue weighted by Crippen LogP contribution is 2.59. The Labute approximate surface area is 140 Å². The van der Waals surface area contributed by atoms with Crippen molar-refractivity contribution in [2.45, 2.75) is 51.6 Å². The van der Waals surface area contributed by atoms with Gasteiger partial charge in [-0.1, -0.05) is 0 Å². The highest BCUT2D eigenvalue weighted by molar-refractivity contribution is 5.73. The van der Waals surface area contributed by atoms with Crippen molar-refractivity contribution in [2.24, 2.45) is 23.2 Å². The Morgan fingerprint density at radius 3 is 2.38 bits per heavy atom. The van der Waals surface area contributed by atoms with Crippen LogP contribution in [0.3, 0.4) is 0 Å². The van der Waals surface area contributed by atoms with Crippen molar-refractivity contribution in [3.8, 4) is 0 Å². The van der Waals surface area contributed by atoms with E-state index in [4.69, 9.17) is 0 Å². The first kappa shape index (κ1) is 15.8. The van der Waals surface area contributed by atoms with E-state index in [1.807, 2.05) is 0 Å². The molecule has 2 N–H and O–H groups in total. The molecule has 5 rings (SSSR count). The number of nitrogens with zero attached hydrogens (tertiary/aromatic N) is 2. The Hall–Kier alpha value is -1.66. The third-order valence-electron chi connectivity index (χ3n) is 6.08. The summed E-state index contributed by atoms with van der Waals surface area (Å²) in [4.78, 5) is 12.0. The summed E-state index contributed by atoms with van der Waals surface area (Å²) >= 11 is 0. The van der Waals surface area contributed by atoms with Crippen molar-refractivity contribution in [2.75, 3.05) is 6.54 Å². The van der Waals surface area contributed by atoms with Crippen molar-refractivity contribution in [1.82, 2.24) is 20.4 Å². The monoisotopic (exact) mass is 338 g/mol. The Bertz CT molecular complexity index is 580. The summed E-state index contributed by atoms with van der Waals surface area (Å²) in [5.74, 6) is 2.58. The van der Waals surface area contributed by atoms with Gasteiger partial charge in [-0.25, -0.2) is 9.48 Å². The molecule has 5 nitrogen and oxygen atoms in total. The maximum absolute atomic E-state index is 12.5. The van der Waals surface area contributed by atoms with Crippen LogP contribution in [0.15, 0.2) is 12.3 Å². The van der Waals surface area contributed by atoms with E-state index in [1.165, 1.54) is 50.8 Å². The summed E-state index contributed by atoms with van der Waals surface area (Å²) in [7, 11) is 0. The molecule has 0 aliphatic heterocycles. The normalized spacial score (nSPS) is 33.9. The summed E-state index contributed by atoms with van der Waals surface area (Å²) < 4.78 is 25.5. The molecule has 132 valence electrons. The predicted molar refractivity (Wildman–Crippen MR) is 84.3 cm³/mol. The Kier molecular flexibility index (Phi) is 3.96. The van der Waals surface area contributed by atoms with Crippen LogP contribution in [-0.4, -0.2) is 22.4 Å². The van der Waals surface area contributed by atoms with Gasteiger partial charge in [0.25, 0.3) is 0 Å². The third kappa shape index (κ3) is 3.13. The van der Waals surface area contributed by atoms with Crippen molar-refractivity contribution in [3.05, 3.63) is 18.0 Å². The number of amides is 2.